The van der Waals surface area contributed by atoms with Crippen molar-refractivity contribution in [2.24, 2.45) is 0 Å². The van der Waals surface area contributed by atoms with Gasteiger partial charge in [0.2, 0.25) is 0 Å². The predicted octanol–water partition coefficient (Wildman–Crippen LogP) is 4.24. The monoisotopic (exact) mass is 300 g/mol. The molecule has 0 unspecified atom stereocenters. The Morgan fingerprint density at radius 3 is 2.86 bits per heavy atom. The number of benzene rings is 2. The van der Waals surface area contributed by atoms with E-state index in [0.717, 1.165) is 11.1 Å². The number of aromatic nitrogens is 1. The van der Waals surface area contributed by atoms with E-state index in [-0.39, 0.29) is 6.61 Å². The van der Waals surface area contributed by atoms with Crippen LogP contribution >= 0.6 is 12.2 Å². The van der Waals surface area contributed by atoms with E-state index in [1.165, 1.54) is 0 Å². The molecule has 3 aromatic rings. The standard InChI is InChI=1S/C15H12N2O3S/c18-14(19-9-10-4-2-1-3-5-10)16-11-6-7-12-13(8-11)20-15(21)17-12/h1-8H,9H2,(H,16,18)(H,17,21). The zero-order valence-corrected chi connectivity index (χ0v) is 11.8. The van der Waals surface area contributed by atoms with Gasteiger partial charge >= 0.3 is 6.09 Å². The molecule has 3 rings (SSSR count). The molecule has 106 valence electrons. The van der Waals surface area contributed by atoms with Crippen LogP contribution in [0.15, 0.2) is 52.9 Å². The zero-order chi connectivity index (χ0) is 14.7. The summed E-state index contributed by atoms with van der Waals surface area (Å²) < 4.78 is 10.4. The van der Waals surface area contributed by atoms with Crippen LogP contribution in [-0.2, 0) is 11.3 Å². The lowest BCUT2D eigenvalue weighted by Crippen LogP contribution is -2.13. The van der Waals surface area contributed by atoms with Crippen LogP contribution in [0.1, 0.15) is 5.56 Å². The number of fused-ring (bicyclic) bond motifs is 1. The van der Waals surface area contributed by atoms with Crippen LogP contribution in [0.2, 0.25) is 0 Å². The van der Waals surface area contributed by atoms with Gasteiger partial charge in [-0.25, -0.2) is 4.79 Å². The highest BCUT2D eigenvalue weighted by atomic mass is 32.1. The summed E-state index contributed by atoms with van der Waals surface area (Å²) in [6.07, 6.45) is -0.521. The summed E-state index contributed by atoms with van der Waals surface area (Å²) in [4.78, 5) is 14.9. The number of aromatic amines is 1. The third-order valence-corrected chi connectivity index (χ3v) is 3.07. The van der Waals surface area contributed by atoms with Crippen molar-refractivity contribution in [2.75, 3.05) is 5.32 Å². The molecule has 0 aliphatic rings. The van der Waals surface area contributed by atoms with Crippen molar-refractivity contribution in [3.8, 4) is 0 Å². The van der Waals surface area contributed by atoms with Gasteiger partial charge in [0.05, 0.1) is 5.52 Å². The first-order valence-corrected chi connectivity index (χ1v) is 6.72. The minimum Gasteiger partial charge on any atom is -0.444 e. The molecule has 1 amide bonds. The number of anilines is 1. The molecular formula is C15H12N2O3S. The summed E-state index contributed by atoms with van der Waals surface area (Å²) in [6, 6.07) is 14.7. The Balaban J connectivity index is 1.64. The second-order valence-corrected chi connectivity index (χ2v) is 4.78. The first-order valence-electron chi connectivity index (χ1n) is 6.31. The van der Waals surface area contributed by atoms with Crippen LogP contribution in [0.5, 0.6) is 0 Å². The molecule has 0 saturated carbocycles. The Bertz CT molecular complexity index is 824. The van der Waals surface area contributed by atoms with Gasteiger partial charge in [0.15, 0.2) is 5.58 Å². The molecule has 21 heavy (non-hydrogen) atoms. The number of ether oxygens (including phenoxy) is 1. The first-order chi connectivity index (χ1) is 10.2. The molecule has 0 aliphatic carbocycles. The van der Waals surface area contributed by atoms with Crippen LogP contribution in [0, 0.1) is 4.84 Å². The number of oxazole rings is 1. The SMILES string of the molecule is O=C(Nc1ccc2[nH]c(=S)oc2c1)OCc1ccccc1. The maximum absolute atomic E-state index is 11.7. The van der Waals surface area contributed by atoms with Crippen molar-refractivity contribution >= 4 is 35.1 Å². The number of hydrogen-bond acceptors (Lipinski definition) is 4. The second-order valence-electron chi connectivity index (χ2n) is 4.41. The van der Waals surface area contributed by atoms with Gasteiger partial charge in [-0.2, -0.15) is 0 Å². The van der Waals surface area contributed by atoms with Crippen molar-refractivity contribution in [3.05, 3.63) is 58.9 Å². The molecule has 1 aromatic heterocycles. The van der Waals surface area contributed by atoms with Gasteiger partial charge in [-0.15, -0.1) is 0 Å². The molecule has 0 aliphatic heterocycles. The highest BCUT2D eigenvalue weighted by Gasteiger charge is 2.06. The van der Waals surface area contributed by atoms with E-state index in [1.54, 1.807) is 18.2 Å². The van der Waals surface area contributed by atoms with Crippen LogP contribution in [0.25, 0.3) is 11.1 Å². The Morgan fingerprint density at radius 2 is 2.05 bits per heavy atom. The lowest BCUT2D eigenvalue weighted by molar-refractivity contribution is 0.155. The van der Waals surface area contributed by atoms with Crippen LogP contribution < -0.4 is 5.32 Å². The number of nitrogens with one attached hydrogen (secondary N) is 2. The number of carbonyl (C=O) groups excluding carboxylic acids is 1. The third-order valence-electron chi connectivity index (χ3n) is 2.88. The quantitative estimate of drug-likeness (QED) is 0.710. The van der Waals surface area contributed by atoms with Gasteiger partial charge in [-0.1, -0.05) is 30.3 Å². The van der Waals surface area contributed by atoms with E-state index in [9.17, 15) is 4.79 Å². The molecule has 0 atom stereocenters. The molecule has 5 nitrogen and oxygen atoms in total. The molecule has 0 spiro atoms. The average molecular weight is 300 g/mol. The normalized spacial score (nSPS) is 10.5. The zero-order valence-electron chi connectivity index (χ0n) is 11.0. The summed E-state index contributed by atoms with van der Waals surface area (Å²) in [5, 5.41) is 2.64. The van der Waals surface area contributed by atoms with E-state index in [0.29, 0.717) is 16.1 Å². The number of hydrogen-bond donors (Lipinski definition) is 2. The second kappa shape index (κ2) is 5.80. The van der Waals surface area contributed by atoms with E-state index >= 15 is 0 Å². The van der Waals surface area contributed by atoms with E-state index in [1.807, 2.05) is 30.3 Å². The van der Waals surface area contributed by atoms with Gasteiger partial charge < -0.3 is 14.1 Å². The van der Waals surface area contributed by atoms with Crippen LogP contribution in [0.3, 0.4) is 0 Å². The molecule has 0 radical (unpaired) electrons. The van der Waals surface area contributed by atoms with Crippen molar-refractivity contribution in [3.63, 3.8) is 0 Å². The molecule has 0 bridgehead atoms. The van der Waals surface area contributed by atoms with Gasteiger partial charge in [-0.05, 0) is 29.9 Å². The van der Waals surface area contributed by atoms with Gasteiger partial charge in [0, 0.05) is 11.8 Å². The third kappa shape index (κ3) is 3.29. The summed E-state index contributed by atoms with van der Waals surface area (Å²) in [5.41, 5.74) is 2.88. The summed E-state index contributed by atoms with van der Waals surface area (Å²) in [5.74, 6) is 0. The lowest BCUT2D eigenvalue weighted by Gasteiger charge is -2.06. The van der Waals surface area contributed by atoms with Crippen LogP contribution in [-0.4, -0.2) is 11.1 Å². The Morgan fingerprint density at radius 1 is 1.24 bits per heavy atom. The molecule has 2 aromatic carbocycles. The summed E-state index contributed by atoms with van der Waals surface area (Å²) in [6.45, 7) is 0.222. The number of H-pyrrole nitrogens is 1. The lowest BCUT2D eigenvalue weighted by atomic mass is 10.2. The number of rotatable bonds is 3. The fraction of sp³-hybridized carbons (Fsp3) is 0.0667. The van der Waals surface area contributed by atoms with Gasteiger partial charge in [0.1, 0.15) is 6.61 Å². The van der Waals surface area contributed by atoms with Gasteiger partial charge in [-0.3, -0.25) is 5.32 Å². The largest absolute Gasteiger partial charge is 0.444 e. The van der Waals surface area contributed by atoms with Crippen LogP contribution in [0.4, 0.5) is 10.5 Å². The maximum atomic E-state index is 11.7. The Hall–Kier alpha value is -2.60. The molecular weight excluding hydrogens is 288 g/mol. The van der Waals surface area contributed by atoms with Crippen molar-refractivity contribution in [1.82, 2.24) is 4.98 Å². The topological polar surface area (TPSA) is 67.3 Å². The predicted molar refractivity (Wildman–Crippen MR) is 81.6 cm³/mol. The highest BCUT2D eigenvalue weighted by Crippen LogP contribution is 2.18. The molecule has 0 fully saturated rings. The number of carbonyl (C=O) groups is 1. The molecule has 0 saturated heterocycles. The maximum Gasteiger partial charge on any atom is 0.411 e. The Labute approximate surface area is 125 Å². The summed E-state index contributed by atoms with van der Waals surface area (Å²) in [7, 11) is 0. The van der Waals surface area contributed by atoms with Crippen molar-refractivity contribution in [2.45, 2.75) is 6.61 Å². The highest BCUT2D eigenvalue weighted by molar-refractivity contribution is 7.71. The van der Waals surface area contributed by atoms with E-state index in [4.69, 9.17) is 21.4 Å². The van der Waals surface area contributed by atoms with E-state index in [2.05, 4.69) is 10.3 Å². The smallest absolute Gasteiger partial charge is 0.411 e. The van der Waals surface area contributed by atoms with Gasteiger partial charge in [0.25, 0.3) is 4.84 Å². The van der Waals surface area contributed by atoms with E-state index < -0.39 is 6.09 Å². The van der Waals surface area contributed by atoms with Crippen molar-refractivity contribution < 1.29 is 13.9 Å². The fourth-order valence-corrected chi connectivity index (χ4v) is 2.10. The number of amides is 1. The first kappa shape index (κ1) is 13.4. The van der Waals surface area contributed by atoms with Crippen molar-refractivity contribution in [1.29, 1.82) is 0 Å². The molecule has 1 heterocycles. The minimum absolute atomic E-state index is 0.222. The fourth-order valence-electron chi connectivity index (χ4n) is 1.90. The summed E-state index contributed by atoms with van der Waals surface area (Å²) >= 11 is 4.91. The molecule has 6 heteroatoms. The molecule has 2 N–H and O–H groups in total. The Kier molecular flexibility index (Phi) is 3.70. The average Bonchev–Trinajstić information content (AvgIpc) is 2.85. The minimum atomic E-state index is -0.521.